The minimum absolute atomic E-state index is 0.164. The second kappa shape index (κ2) is 5.81. The number of ether oxygens (including phenoxy) is 1. The minimum Gasteiger partial charge on any atom is -0.497 e. The first-order valence-corrected chi connectivity index (χ1v) is 8.00. The zero-order chi connectivity index (χ0) is 14.9. The van der Waals surface area contributed by atoms with E-state index in [0.717, 1.165) is 41.8 Å². The third kappa shape index (κ3) is 2.85. The van der Waals surface area contributed by atoms with E-state index in [-0.39, 0.29) is 5.41 Å². The third-order valence-corrected chi connectivity index (χ3v) is 4.79. The number of halogens is 1. The van der Waals surface area contributed by atoms with E-state index in [2.05, 4.69) is 43.8 Å². The molecule has 0 atom stereocenters. The molecule has 2 heterocycles. The molecule has 0 amide bonds. The molecular formula is C16H20BrN3O. The van der Waals surface area contributed by atoms with Gasteiger partial charge in [-0.25, -0.2) is 4.98 Å². The van der Waals surface area contributed by atoms with Gasteiger partial charge < -0.3 is 14.6 Å². The largest absolute Gasteiger partial charge is 0.497 e. The van der Waals surface area contributed by atoms with Crippen molar-refractivity contribution in [2.75, 3.05) is 20.2 Å². The first kappa shape index (κ1) is 14.6. The fourth-order valence-electron chi connectivity index (χ4n) is 2.99. The summed E-state index contributed by atoms with van der Waals surface area (Å²) in [4.78, 5) is 4.39. The monoisotopic (exact) mass is 349 g/mol. The quantitative estimate of drug-likeness (QED) is 0.923. The van der Waals surface area contributed by atoms with Gasteiger partial charge in [-0.1, -0.05) is 22.9 Å². The number of nitrogens with one attached hydrogen (secondary N) is 1. The van der Waals surface area contributed by atoms with Gasteiger partial charge in [-0.2, -0.15) is 0 Å². The topological polar surface area (TPSA) is 39.1 Å². The molecule has 1 N–H and O–H groups in total. The highest BCUT2D eigenvalue weighted by Gasteiger charge is 2.32. The van der Waals surface area contributed by atoms with Crippen LogP contribution in [-0.4, -0.2) is 29.8 Å². The van der Waals surface area contributed by atoms with Crippen molar-refractivity contribution in [3.8, 4) is 11.4 Å². The normalized spacial score (nSPS) is 17.7. The summed E-state index contributed by atoms with van der Waals surface area (Å²) in [7, 11) is 1.69. The summed E-state index contributed by atoms with van der Waals surface area (Å²) in [5.41, 5.74) is 2.51. The fourth-order valence-corrected chi connectivity index (χ4v) is 3.45. The summed E-state index contributed by atoms with van der Waals surface area (Å²) >= 11 is 3.55. The molecule has 1 aromatic heterocycles. The lowest BCUT2D eigenvalue weighted by molar-refractivity contribution is 0.324. The van der Waals surface area contributed by atoms with Gasteiger partial charge in [-0.05, 0) is 38.1 Å². The van der Waals surface area contributed by atoms with Crippen LogP contribution in [-0.2, 0) is 5.41 Å². The van der Waals surface area contributed by atoms with Crippen molar-refractivity contribution in [2.45, 2.75) is 25.2 Å². The highest BCUT2D eigenvalue weighted by Crippen LogP contribution is 2.35. The Morgan fingerprint density at radius 3 is 2.76 bits per heavy atom. The zero-order valence-electron chi connectivity index (χ0n) is 12.4. The average molecular weight is 350 g/mol. The van der Waals surface area contributed by atoms with Crippen LogP contribution in [0.15, 0.2) is 35.2 Å². The van der Waals surface area contributed by atoms with Gasteiger partial charge >= 0.3 is 0 Å². The molecule has 2 aromatic rings. The molecule has 5 heteroatoms. The van der Waals surface area contributed by atoms with Crippen LogP contribution >= 0.6 is 15.9 Å². The van der Waals surface area contributed by atoms with Gasteiger partial charge in [-0.3, -0.25) is 0 Å². The Bertz CT molecular complexity index is 632. The maximum absolute atomic E-state index is 5.37. The number of nitrogens with zero attached hydrogens (tertiary/aromatic N) is 2. The number of aromatic nitrogens is 2. The number of imidazole rings is 1. The van der Waals surface area contributed by atoms with Crippen LogP contribution in [0.3, 0.4) is 0 Å². The standard InChI is InChI=1S/C16H20BrN3O/c1-16(3-5-18-6-4-16)15-10-19-11-20(15)13-7-12(17)8-14(9-13)21-2/h7-11,18H,3-6H2,1-2H3. The summed E-state index contributed by atoms with van der Waals surface area (Å²) in [6.07, 6.45) is 6.15. The Labute approximate surface area is 133 Å². The second-order valence-electron chi connectivity index (χ2n) is 5.81. The highest BCUT2D eigenvalue weighted by molar-refractivity contribution is 9.10. The van der Waals surface area contributed by atoms with Gasteiger partial charge in [0.2, 0.25) is 0 Å². The molecule has 1 aromatic carbocycles. The molecule has 21 heavy (non-hydrogen) atoms. The molecular weight excluding hydrogens is 330 g/mol. The van der Waals surface area contributed by atoms with Crippen LogP contribution in [0.2, 0.25) is 0 Å². The summed E-state index contributed by atoms with van der Waals surface area (Å²) in [6.45, 7) is 4.45. The first-order chi connectivity index (χ1) is 10.1. The molecule has 3 rings (SSSR count). The van der Waals surface area contributed by atoms with E-state index in [1.807, 2.05) is 24.7 Å². The van der Waals surface area contributed by atoms with Crippen LogP contribution in [0.4, 0.5) is 0 Å². The predicted molar refractivity (Wildman–Crippen MR) is 87.3 cm³/mol. The number of rotatable bonds is 3. The van der Waals surface area contributed by atoms with Crippen LogP contribution in [0.1, 0.15) is 25.5 Å². The first-order valence-electron chi connectivity index (χ1n) is 7.21. The fraction of sp³-hybridized carbons (Fsp3) is 0.438. The van der Waals surface area contributed by atoms with Crippen molar-refractivity contribution in [2.24, 2.45) is 0 Å². The molecule has 0 radical (unpaired) electrons. The maximum Gasteiger partial charge on any atom is 0.122 e. The molecule has 112 valence electrons. The molecule has 0 bridgehead atoms. The average Bonchev–Trinajstić information content (AvgIpc) is 2.97. The molecule has 1 aliphatic heterocycles. The lowest BCUT2D eigenvalue weighted by Gasteiger charge is -2.34. The Hall–Kier alpha value is -1.33. The molecule has 0 aliphatic carbocycles. The molecule has 1 fully saturated rings. The Morgan fingerprint density at radius 1 is 1.29 bits per heavy atom. The number of piperidine rings is 1. The third-order valence-electron chi connectivity index (χ3n) is 4.33. The molecule has 0 saturated carbocycles. The van der Waals surface area contributed by atoms with E-state index in [9.17, 15) is 0 Å². The van der Waals surface area contributed by atoms with Crippen molar-refractivity contribution < 1.29 is 4.74 Å². The van der Waals surface area contributed by atoms with Crippen molar-refractivity contribution in [3.05, 3.63) is 40.9 Å². The van der Waals surface area contributed by atoms with E-state index in [1.54, 1.807) is 7.11 Å². The van der Waals surface area contributed by atoms with Crippen LogP contribution in [0.5, 0.6) is 5.75 Å². The summed E-state index contributed by atoms with van der Waals surface area (Å²) in [5.74, 6) is 0.842. The van der Waals surface area contributed by atoms with E-state index in [1.165, 1.54) is 5.69 Å². The van der Waals surface area contributed by atoms with Crippen molar-refractivity contribution in [3.63, 3.8) is 0 Å². The van der Waals surface area contributed by atoms with Crippen molar-refractivity contribution in [1.29, 1.82) is 0 Å². The van der Waals surface area contributed by atoms with E-state index < -0.39 is 0 Å². The van der Waals surface area contributed by atoms with Gasteiger partial charge in [0.25, 0.3) is 0 Å². The summed E-state index contributed by atoms with van der Waals surface area (Å²) in [6, 6.07) is 6.10. The molecule has 1 saturated heterocycles. The summed E-state index contributed by atoms with van der Waals surface area (Å²) in [5, 5.41) is 3.43. The number of benzene rings is 1. The van der Waals surface area contributed by atoms with Crippen LogP contribution < -0.4 is 10.1 Å². The number of hydrogen-bond acceptors (Lipinski definition) is 3. The number of methoxy groups -OCH3 is 1. The molecule has 1 aliphatic rings. The predicted octanol–water partition coefficient (Wildman–Crippen LogP) is 3.28. The van der Waals surface area contributed by atoms with Crippen LogP contribution in [0, 0.1) is 0 Å². The summed E-state index contributed by atoms with van der Waals surface area (Å²) < 4.78 is 8.56. The Balaban J connectivity index is 2.04. The number of hydrogen-bond donors (Lipinski definition) is 1. The van der Waals surface area contributed by atoms with Gasteiger partial charge in [0.1, 0.15) is 5.75 Å². The Kier molecular flexibility index (Phi) is 4.04. The second-order valence-corrected chi connectivity index (χ2v) is 6.72. The van der Waals surface area contributed by atoms with E-state index in [4.69, 9.17) is 4.74 Å². The van der Waals surface area contributed by atoms with Crippen LogP contribution in [0.25, 0.3) is 5.69 Å². The lowest BCUT2D eigenvalue weighted by Crippen LogP contribution is -2.38. The van der Waals surface area contributed by atoms with E-state index >= 15 is 0 Å². The highest BCUT2D eigenvalue weighted by atomic mass is 79.9. The smallest absolute Gasteiger partial charge is 0.122 e. The minimum atomic E-state index is 0.164. The van der Waals surface area contributed by atoms with Gasteiger partial charge in [-0.15, -0.1) is 0 Å². The SMILES string of the molecule is COc1cc(Br)cc(-n2cncc2C2(C)CCNCC2)c1. The van der Waals surface area contributed by atoms with Gasteiger partial charge in [0.05, 0.1) is 19.1 Å². The molecule has 4 nitrogen and oxygen atoms in total. The Morgan fingerprint density at radius 2 is 2.05 bits per heavy atom. The maximum atomic E-state index is 5.37. The zero-order valence-corrected chi connectivity index (χ0v) is 14.0. The van der Waals surface area contributed by atoms with Crippen molar-refractivity contribution in [1.82, 2.24) is 14.9 Å². The molecule has 0 unspecified atom stereocenters. The van der Waals surface area contributed by atoms with Gasteiger partial charge in [0.15, 0.2) is 0 Å². The molecule has 0 spiro atoms. The van der Waals surface area contributed by atoms with E-state index in [0.29, 0.717) is 0 Å². The lowest BCUT2D eigenvalue weighted by atomic mass is 9.78. The van der Waals surface area contributed by atoms with Crippen molar-refractivity contribution >= 4 is 15.9 Å². The van der Waals surface area contributed by atoms with Gasteiger partial charge in [0, 0.05) is 27.8 Å².